The molecule has 0 saturated heterocycles. The van der Waals surface area contributed by atoms with E-state index in [2.05, 4.69) is 58.9 Å². The summed E-state index contributed by atoms with van der Waals surface area (Å²) in [6, 6.07) is 25.2. The molecule has 0 spiro atoms. The Kier molecular flexibility index (Phi) is 8.69. The van der Waals surface area contributed by atoms with Crippen molar-refractivity contribution >= 4 is 28.3 Å². The van der Waals surface area contributed by atoms with Crippen LogP contribution in [0.5, 0.6) is 0 Å². The molecule has 6 nitrogen and oxygen atoms in total. The summed E-state index contributed by atoms with van der Waals surface area (Å²) < 4.78 is 0. The molecule has 0 aliphatic carbocycles. The first-order valence-corrected chi connectivity index (χ1v) is 13.3. The van der Waals surface area contributed by atoms with Crippen molar-refractivity contribution in [3.8, 4) is 22.4 Å². The Morgan fingerprint density at radius 2 is 1.59 bits per heavy atom. The Hall–Kier alpha value is -3.97. The zero-order chi connectivity index (χ0) is 26.2. The number of rotatable bonds is 11. The minimum Gasteiger partial charge on any atom is -0.480 e. The molecule has 0 aliphatic rings. The van der Waals surface area contributed by atoms with Gasteiger partial charge in [0.25, 0.3) is 5.91 Å². The van der Waals surface area contributed by atoms with E-state index in [-0.39, 0.29) is 0 Å². The standard InChI is InChI=1S/C30H31N3O3S/c1-3-4-18-33(19-22-10-12-26(13-11-22)28(34)31-21(2)29(35)36)30-32-27(20-37-30)25-16-14-24(15-17-25)23-8-6-5-7-9-23/h5-17,20-21H,3-4,18-19H2,1-2H3,(H,31,34)(H,35,36). The van der Waals surface area contributed by atoms with Crippen molar-refractivity contribution in [2.24, 2.45) is 0 Å². The number of aromatic nitrogens is 1. The minimum atomic E-state index is -1.06. The molecule has 4 rings (SSSR count). The predicted molar refractivity (Wildman–Crippen MR) is 150 cm³/mol. The third-order valence-corrected chi connectivity index (χ3v) is 7.04. The smallest absolute Gasteiger partial charge is 0.325 e. The molecule has 2 N–H and O–H groups in total. The number of carboxylic acid groups (broad SMARTS) is 1. The highest BCUT2D eigenvalue weighted by Gasteiger charge is 2.16. The van der Waals surface area contributed by atoms with Crippen LogP contribution in [0.4, 0.5) is 5.13 Å². The van der Waals surface area contributed by atoms with Crippen LogP contribution in [0.3, 0.4) is 0 Å². The highest BCUT2D eigenvalue weighted by Crippen LogP contribution is 2.30. The lowest BCUT2D eigenvalue weighted by atomic mass is 10.0. The number of carbonyl (C=O) groups is 2. The Bertz CT molecular complexity index is 1320. The normalized spacial score (nSPS) is 11.6. The number of carbonyl (C=O) groups excluding carboxylic acids is 1. The number of thiazole rings is 1. The van der Waals surface area contributed by atoms with Gasteiger partial charge in [-0.1, -0.05) is 80.1 Å². The fourth-order valence-electron chi connectivity index (χ4n) is 3.92. The van der Waals surface area contributed by atoms with Crippen molar-refractivity contribution in [2.45, 2.75) is 39.3 Å². The molecule has 0 aliphatic heterocycles. The van der Waals surface area contributed by atoms with Crippen molar-refractivity contribution < 1.29 is 14.7 Å². The average Bonchev–Trinajstić information content (AvgIpc) is 3.42. The van der Waals surface area contributed by atoms with Crippen LogP contribution in [0.15, 0.2) is 84.2 Å². The third kappa shape index (κ3) is 6.83. The molecular formula is C30H31N3O3S. The molecule has 1 amide bonds. The van der Waals surface area contributed by atoms with E-state index in [9.17, 15) is 9.59 Å². The second-order valence-corrected chi connectivity index (χ2v) is 9.80. The van der Waals surface area contributed by atoms with Gasteiger partial charge in [0.15, 0.2) is 5.13 Å². The Morgan fingerprint density at radius 3 is 2.24 bits per heavy atom. The number of nitrogens with zero attached hydrogens (tertiary/aromatic N) is 2. The second-order valence-electron chi connectivity index (χ2n) is 8.96. The van der Waals surface area contributed by atoms with Crippen LogP contribution in [0, 0.1) is 0 Å². The number of hydrogen-bond acceptors (Lipinski definition) is 5. The Balaban J connectivity index is 1.46. The lowest BCUT2D eigenvalue weighted by Gasteiger charge is -2.22. The summed E-state index contributed by atoms with van der Waals surface area (Å²) in [6.45, 7) is 5.17. The molecule has 1 unspecified atom stereocenters. The molecule has 1 aromatic heterocycles. The number of benzene rings is 3. The van der Waals surface area contributed by atoms with E-state index in [0.29, 0.717) is 12.1 Å². The quantitative estimate of drug-likeness (QED) is 0.240. The zero-order valence-electron chi connectivity index (χ0n) is 21.1. The van der Waals surface area contributed by atoms with E-state index in [1.54, 1.807) is 23.5 Å². The molecule has 4 aromatic rings. The van der Waals surface area contributed by atoms with Gasteiger partial charge in [0.05, 0.1) is 5.69 Å². The van der Waals surface area contributed by atoms with E-state index >= 15 is 0 Å². The second kappa shape index (κ2) is 12.3. The number of nitrogens with one attached hydrogen (secondary N) is 1. The van der Waals surface area contributed by atoms with Crippen molar-refractivity contribution in [2.75, 3.05) is 11.4 Å². The van der Waals surface area contributed by atoms with Gasteiger partial charge in [0.1, 0.15) is 6.04 Å². The SMILES string of the molecule is CCCCN(Cc1ccc(C(=O)NC(C)C(=O)O)cc1)c1nc(-c2ccc(-c3ccccc3)cc2)cs1. The van der Waals surface area contributed by atoms with Gasteiger partial charge in [0.2, 0.25) is 0 Å². The summed E-state index contributed by atoms with van der Waals surface area (Å²) in [5, 5.41) is 14.6. The summed E-state index contributed by atoms with van der Waals surface area (Å²) in [4.78, 5) is 30.5. The molecule has 0 bridgehead atoms. The monoisotopic (exact) mass is 513 g/mol. The maximum Gasteiger partial charge on any atom is 0.325 e. The lowest BCUT2D eigenvalue weighted by molar-refractivity contribution is -0.138. The van der Waals surface area contributed by atoms with Gasteiger partial charge in [-0.05, 0) is 42.2 Å². The van der Waals surface area contributed by atoms with Crippen LogP contribution < -0.4 is 10.2 Å². The van der Waals surface area contributed by atoms with Crippen LogP contribution in [-0.2, 0) is 11.3 Å². The van der Waals surface area contributed by atoms with Gasteiger partial charge in [-0.2, -0.15) is 0 Å². The van der Waals surface area contributed by atoms with Crippen molar-refractivity contribution in [1.82, 2.24) is 10.3 Å². The van der Waals surface area contributed by atoms with Gasteiger partial charge in [-0.25, -0.2) is 4.98 Å². The van der Waals surface area contributed by atoms with Gasteiger partial charge < -0.3 is 15.3 Å². The van der Waals surface area contributed by atoms with Gasteiger partial charge in [0, 0.05) is 29.6 Å². The van der Waals surface area contributed by atoms with Gasteiger partial charge >= 0.3 is 5.97 Å². The van der Waals surface area contributed by atoms with E-state index in [4.69, 9.17) is 10.1 Å². The Morgan fingerprint density at radius 1 is 0.946 bits per heavy atom. The summed E-state index contributed by atoms with van der Waals surface area (Å²) in [6.07, 6.45) is 2.13. The van der Waals surface area contributed by atoms with E-state index in [0.717, 1.165) is 41.3 Å². The first-order chi connectivity index (χ1) is 17.9. The van der Waals surface area contributed by atoms with Crippen molar-refractivity contribution in [1.29, 1.82) is 0 Å². The van der Waals surface area contributed by atoms with E-state index in [1.165, 1.54) is 18.1 Å². The number of anilines is 1. The predicted octanol–water partition coefficient (Wildman–Crippen LogP) is 6.49. The van der Waals surface area contributed by atoms with E-state index in [1.807, 2.05) is 30.3 Å². The molecule has 190 valence electrons. The summed E-state index contributed by atoms with van der Waals surface area (Å²) in [7, 11) is 0. The topological polar surface area (TPSA) is 82.5 Å². The van der Waals surface area contributed by atoms with Gasteiger partial charge in [-0.15, -0.1) is 11.3 Å². The molecule has 0 saturated carbocycles. The van der Waals surface area contributed by atoms with Crippen molar-refractivity contribution in [3.63, 3.8) is 0 Å². The average molecular weight is 514 g/mol. The van der Waals surface area contributed by atoms with Gasteiger partial charge in [-0.3, -0.25) is 9.59 Å². The molecule has 0 fully saturated rings. The first-order valence-electron chi connectivity index (χ1n) is 12.4. The van der Waals surface area contributed by atoms with E-state index < -0.39 is 17.9 Å². The molecule has 3 aromatic carbocycles. The number of unbranched alkanes of at least 4 members (excludes halogenated alkanes) is 1. The Labute approximate surface area is 221 Å². The molecule has 1 atom stereocenters. The van der Waals surface area contributed by atoms with Crippen LogP contribution in [0.25, 0.3) is 22.4 Å². The summed E-state index contributed by atoms with van der Waals surface area (Å²) in [5.74, 6) is -1.46. The largest absolute Gasteiger partial charge is 0.480 e. The lowest BCUT2D eigenvalue weighted by Crippen LogP contribution is -2.38. The zero-order valence-corrected chi connectivity index (χ0v) is 21.9. The number of aliphatic carboxylic acids is 1. The molecule has 1 heterocycles. The van der Waals surface area contributed by atoms with Crippen LogP contribution in [0.2, 0.25) is 0 Å². The first kappa shape index (κ1) is 26.1. The highest BCUT2D eigenvalue weighted by molar-refractivity contribution is 7.14. The summed E-state index contributed by atoms with van der Waals surface area (Å²) in [5.41, 5.74) is 5.91. The summed E-state index contributed by atoms with van der Waals surface area (Å²) >= 11 is 1.64. The number of amides is 1. The molecule has 37 heavy (non-hydrogen) atoms. The van der Waals surface area contributed by atoms with Crippen molar-refractivity contribution in [3.05, 3.63) is 95.4 Å². The molecule has 7 heteroatoms. The fourth-order valence-corrected chi connectivity index (χ4v) is 4.78. The number of hydrogen-bond donors (Lipinski definition) is 2. The number of carboxylic acids is 1. The highest BCUT2D eigenvalue weighted by atomic mass is 32.1. The molecule has 0 radical (unpaired) electrons. The third-order valence-electron chi connectivity index (χ3n) is 6.14. The van der Waals surface area contributed by atoms with Crippen LogP contribution in [-0.4, -0.2) is 34.6 Å². The van der Waals surface area contributed by atoms with Crippen LogP contribution >= 0.6 is 11.3 Å². The fraction of sp³-hybridized carbons (Fsp3) is 0.233. The van der Waals surface area contributed by atoms with Crippen LogP contribution in [0.1, 0.15) is 42.6 Å². The molecular weight excluding hydrogens is 482 g/mol. The maximum atomic E-state index is 12.3. The maximum absolute atomic E-state index is 12.3. The minimum absolute atomic E-state index is 0.396.